The van der Waals surface area contributed by atoms with E-state index < -0.39 is 44.7 Å². The highest BCUT2D eigenvalue weighted by Gasteiger charge is 2.67. The van der Waals surface area contributed by atoms with Crippen LogP contribution in [0.2, 0.25) is 0 Å². The molecule has 2 heterocycles. The number of rotatable bonds is 3. The second-order valence-corrected chi connectivity index (χ2v) is 18.9. The standard InChI is InChI=1S/C23H23Br3O7Si3/c1-15-23-16(2)30-35(28,21-11-5-18(25)6-12-21)33-36(31-23,22-13-7-19(26)8-14-22)32-34(27,29-15)20-9-3-17(24)4-10-20/h3-16,23,27-28H,1-2H3/t15-,16?,23?,34?,35?,36?/m0/s1. The molecule has 7 nitrogen and oxygen atoms in total. The van der Waals surface area contributed by atoms with Gasteiger partial charge in [0.1, 0.15) is 0 Å². The van der Waals surface area contributed by atoms with Gasteiger partial charge >= 0.3 is 26.4 Å². The molecule has 0 aromatic heterocycles. The fourth-order valence-corrected chi connectivity index (χ4v) is 15.4. The summed E-state index contributed by atoms with van der Waals surface area (Å²) in [4.78, 5) is 24.0. The van der Waals surface area contributed by atoms with Crippen LogP contribution in [0.3, 0.4) is 0 Å². The van der Waals surface area contributed by atoms with Crippen LogP contribution in [0.25, 0.3) is 0 Å². The van der Waals surface area contributed by atoms with E-state index in [1.54, 1.807) is 24.3 Å². The molecule has 190 valence electrons. The lowest BCUT2D eigenvalue weighted by Crippen LogP contribution is -2.71. The molecule has 6 atom stereocenters. The van der Waals surface area contributed by atoms with E-state index in [0.29, 0.717) is 15.6 Å². The summed E-state index contributed by atoms with van der Waals surface area (Å²) in [6.07, 6.45) is -1.90. The molecule has 2 saturated heterocycles. The zero-order valence-electron chi connectivity index (χ0n) is 19.2. The van der Waals surface area contributed by atoms with Gasteiger partial charge in [-0.25, -0.2) is 0 Å². The van der Waals surface area contributed by atoms with E-state index in [2.05, 4.69) is 47.8 Å². The van der Waals surface area contributed by atoms with Gasteiger partial charge in [-0.05, 0) is 50.2 Å². The van der Waals surface area contributed by atoms with Crippen molar-refractivity contribution in [2.24, 2.45) is 0 Å². The molecule has 3 aromatic carbocycles. The summed E-state index contributed by atoms with van der Waals surface area (Å²) >= 11 is 10.3. The molecule has 0 spiro atoms. The van der Waals surface area contributed by atoms with Crippen molar-refractivity contribution >= 4 is 89.8 Å². The van der Waals surface area contributed by atoms with Crippen LogP contribution in [0.5, 0.6) is 0 Å². The molecule has 2 aliphatic rings. The van der Waals surface area contributed by atoms with Gasteiger partial charge in [0.25, 0.3) is 0 Å². The normalized spacial score (nSPS) is 34.6. The Morgan fingerprint density at radius 1 is 0.556 bits per heavy atom. The van der Waals surface area contributed by atoms with Crippen LogP contribution in [-0.4, -0.2) is 54.3 Å². The second-order valence-electron chi connectivity index (χ2n) is 8.67. The minimum atomic E-state index is -4.10. The fraction of sp³-hybridized carbons (Fsp3) is 0.217. The molecule has 0 saturated carbocycles. The van der Waals surface area contributed by atoms with Crippen LogP contribution >= 0.6 is 47.8 Å². The molecule has 2 bridgehead atoms. The highest BCUT2D eigenvalue weighted by atomic mass is 79.9. The quantitative estimate of drug-likeness (QED) is 0.401. The van der Waals surface area contributed by atoms with Gasteiger partial charge in [-0.2, -0.15) is 0 Å². The molecule has 36 heavy (non-hydrogen) atoms. The monoisotopic (exact) mass is 732 g/mol. The molecule has 0 aliphatic carbocycles. The van der Waals surface area contributed by atoms with Gasteiger partial charge in [0.15, 0.2) is 0 Å². The van der Waals surface area contributed by atoms with Gasteiger partial charge < -0.3 is 31.1 Å². The lowest BCUT2D eigenvalue weighted by molar-refractivity contribution is -0.0170. The van der Waals surface area contributed by atoms with E-state index >= 15 is 0 Å². The predicted octanol–water partition coefficient (Wildman–Crippen LogP) is 3.05. The molecule has 0 amide bonds. The van der Waals surface area contributed by atoms with Crippen molar-refractivity contribution in [3.05, 3.63) is 86.2 Å². The van der Waals surface area contributed by atoms with Crippen molar-refractivity contribution < 1.29 is 31.1 Å². The van der Waals surface area contributed by atoms with E-state index in [1.807, 2.05) is 62.4 Å². The molecule has 2 N–H and O–H groups in total. The maximum atomic E-state index is 12.0. The maximum Gasteiger partial charge on any atom is 0.527 e. The minimum Gasteiger partial charge on any atom is -0.387 e. The zero-order chi connectivity index (χ0) is 25.7. The highest BCUT2D eigenvalue weighted by Crippen LogP contribution is 2.34. The number of halogens is 3. The first-order valence-corrected chi connectivity index (χ1v) is 18.8. The molecular weight excluding hydrogens is 712 g/mol. The Balaban J connectivity index is 1.70. The van der Waals surface area contributed by atoms with Gasteiger partial charge in [-0.15, -0.1) is 0 Å². The predicted molar refractivity (Wildman–Crippen MR) is 151 cm³/mol. The summed E-state index contributed by atoms with van der Waals surface area (Å²) in [5.74, 6) is 0. The van der Waals surface area contributed by atoms with Crippen molar-refractivity contribution in [3.8, 4) is 0 Å². The van der Waals surface area contributed by atoms with Crippen molar-refractivity contribution in [2.75, 3.05) is 0 Å². The third-order valence-electron chi connectivity index (χ3n) is 6.07. The topological polar surface area (TPSA) is 86.6 Å². The highest BCUT2D eigenvalue weighted by molar-refractivity contribution is 9.11. The number of fused-ring (bicyclic) bond motifs is 2. The minimum absolute atomic E-state index is 0.502. The van der Waals surface area contributed by atoms with Gasteiger partial charge in [0.05, 0.1) is 18.3 Å². The Kier molecular flexibility index (Phi) is 7.68. The van der Waals surface area contributed by atoms with E-state index in [1.165, 1.54) is 0 Å². The fourth-order valence-electron chi connectivity index (χ4n) is 4.29. The lowest BCUT2D eigenvalue weighted by atomic mass is 10.1. The average Bonchev–Trinajstić information content (AvgIpc) is 3.02. The molecule has 13 heteroatoms. The third kappa shape index (κ3) is 5.19. The van der Waals surface area contributed by atoms with Crippen molar-refractivity contribution in [2.45, 2.75) is 32.2 Å². The van der Waals surface area contributed by atoms with Crippen LogP contribution < -0.4 is 15.6 Å². The Morgan fingerprint density at radius 3 is 1.25 bits per heavy atom. The van der Waals surface area contributed by atoms with E-state index in [0.717, 1.165) is 13.4 Å². The van der Waals surface area contributed by atoms with Crippen LogP contribution in [0.4, 0.5) is 0 Å². The van der Waals surface area contributed by atoms with Crippen LogP contribution in [0.1, 0.15) is 13.8 Å². The second kappa shape index (κ2) is 10.2. The maximum absolute atomic E-state index is 12.0. The van der Waals surface area contributed by atoms with Crippen molar-refractivity contribution in [1.29, 1.82) is 0 Å². The SMILES string of the molecule is CC1O[Si](O)(c2ccc(Br)cc2)O[Si]2(c3ccc(Br)cc3)OC1[C@H](C)O[Si](O)(c1ccc(Br)cc1)O2. The Bertz CT molecular complexity index is 1170. The summed E-state index contributed by atoms with van der Waals surface area (Å²) in [5, 5.41) is 1.59. The van der Waals surface area contributed by atoms with Gasteiger partial charge in [-0.1, -0.05) is 84.2 Å². The first kappa shape index (κ1) is 27.1. The number of hydrogen-bond donors (Lipinski definition) is 2. The first-order valence-electron chi connectivity index (χ1n) is 11.2. The summed E-state index contributed by atoms with van der Waals surface area (Å²) in [6.45, 7) is 3.62. The number of benzene rings is 3. The molecule has 0 radical (unpaired) electrons. The largest absolute Gasteiger partial charge is 0.527 e. The van der Waals surface area contributed by atoms with Crippen molar-refractivity contribution in [1.82, 2.24) is 0 Å². The third-order valence-corrected chi connectivity index (χ3v) is 17.1. The lowest BCUT2D eigenvalue weighted by Gasteiger charge is -2.36. The van der Waals surface area contributed by atoms with Crippen LogP contribution in [-0.2, 0) is 21.5 Å². The Hall–Kier alpha value is -0.529. The molecule has 5 rings (SSSR count). The zero-order valence-corrected chi connectivity index (χ0v) is 27.0. The van der Waals surface area contributed by atoms with Crippen LogP contribution in [0.15, 0.2) is 86.2 Å². The molecular formula is C23H23Br3O7Si3. The first-order chi connectivity index (χ1) is 17.0. The van der Waals surface area contributed by atoms with Gasteiger partial charge in [0.2, 0.25) is 0 Å². The molecule has 3 aromatic rings. The van der Waals surface area contributed by atoms with E-state index in [9.17, 15) is 9.59 Å². The summed E-state index contributed by atoms with van der Waals surface area (Å²) in [7, 11) is -12.3. The Labute approximate surface area is 237 Å². The number of hydrogen-bond acceptors (Lipinski definition) is 7. The molecule has 5 unspecified atom stereocenters. The average molecular weight is 735 g/mol. The molecule has 2 aliphatic heterocycles. The molecule has 2 fully saturated rings. The summed E-state index contributed by atoms with van der Waals surface area (Å²) in [6, 6.07) is 21.6. The van der Waals surface area contributed by atoms with Crippen LogP contribution in [0, 0.1) is 0 Å². The van der Waals surface area contributed by atoms with E-state index in [4.69, 9.17) is 21.5 Å². The Morgan fingerprint density at radius 2 is 0.889 bits per heavy atom. The van der Waals surface area contributed by atoms with E-state index in [-0.39, 0.29) is 0 Å². The smallest absolute Gasteiger partial charge is 0.387 e. The van der Waals surface area contributed by atoms with Gasteiger partial charge in [-0.3, -0.25) is 0 Å². The summed E-state index contributed by atoms with van der Waals surface area (Å²) in [5.41, 5.74) is 0. The van der Waals surface area contributed by atoms with Crippen molar-refractivity contribution in [3.63, 3.8) is 0 Å². The summed E-state index contributed by atoms with van der Waals surface area (Å²) < 4.78 is 34.9. The van der Waals surface area contributed by atoms with Gasteiger partial charge in [0, 0.05) is 29.0 Å².